The summed E-state index contributed by atoms with van der Waals surface area (Å²) in [6, 6.07) is 9.60. The summed E-state index contributed by atoms with van der Waals surface area (Å²) in [5.41, 5.74) is 1.54. The minimum absolute atomic E-state index is 0.181. The Balaban J connectivity index is 1.75. The SMILES string of the molecule is O=C(NCC1(C(=O)O)CC1)c1c[nH]cc1-c1ccccc1. The van der Waals surface area contributed by atoms with E-state index < -0.39 is 11.4 Å². The zero-order valence-electron chi connectivity index (χ0n) is 11.4. The standard InChI is InChI=1S/C16H16N2O3/c19-14(18-10-16(6-7-16)15(20)21)13-9-17-8-12(13)11-4-2-1-3-5-11/h1-5,8-9,17H,6-7,10H2,(H,18,19)(H,20,21). The first kappa shape index (κ1) is 13.4. The van der Waals surface area contributed by atoms with Crippen molar-refractivity contribution in [3.63, 3.8) is 0 Å². The highest BCUT2D eigenvalue weighted by molar-refractivity contribution is 6.01. The molecule has 0 aliphatic heterocycles. The van der Waals surface area contributed by atoms with Crippen LogP contribution in [0.3, 0.4) is 0 Å². The number of carboxylic acid groups (broad SMARTS) is 1. The second-order valence-corrected chi connectivity index (χ2v) is 5.42. The van der Waals surface area contributed by atoms with Crippen LogP contribution in [0.1, 0.15) is 23.2 Å². The molecule has 108 valence electrons. The normalized spacial score (nSPS) is 15.4. The zero-order valence-corrected chi connectivity index (χ0v) is 11.4. The van der Waals surface area contributed by atoms with Crippen LogP contribution < -0.4 is 5.32 Å². The lowest BCUT2D eigenvalue weighted by atomic mass is 10.0. The molecule has 0 atom stereocenters. The molecule has 1 amide bonds. The van der Waals surface area contributed by atoms with Gasteiger partial charge in [-0.2, -0.15) is 0 Å². The van der Waals surface area contributed by atoms with Crippen molar-refractivity contribution in [1.82, 2.24) is 10.3 Å². The Morgan fingerprint density at radius 2 is 1.90 bits per heavy atom. The number of carbonyl (C=O) groups is 2. The Hall–Kier alpha value is -2.56. The van der Waals surface area contributed by atoms with Crippen LogP contribution in [0.2, 0.25) is 0 Å². The van der Waals surface area contributed by atoms with Crippen molar-refractivity contribution in [2.24, 2.45) is 5.41 Å². The van der Waals surface area contributed by atoms with E-state index in [1.165, 1.54) is 0 Å². The molecule has 3 N–H and O–H groups in total. The monoisotopic (exact) mass is 284 g/mol. The molecular weight excluding hydrogens is 268 g/mol. The molecule has 1 fully saturated rings. The van der Waals surface area contributed by atoms with Gasteiger partial charge < -0.3 is 15.4 Å². The predicted octanol–water partition coefficient (Wildman–Crippen LogP) is 2.28. The maximum Gasteiger partial charge on any atom is 0.311 e. The summed E-state index contributed by atoms with van der Waals surface area (Å²) in [6.07, 6.45) is 4.66. The second-order valence-electron chi connectivity index (χ2n) is 5.42. The number of hydrogen-bond acceptors (Lipinski definition) is 2. The van der Waals surface area contributed by atoms with Crippen LogP contribution in [-0.2, 0) is 4.79 Å². The molecule has 0 unspecified atom stereocenters. The van der Waals surface area contributed by atoms with Crippen molar-refractivity contribution in [2.45, 2.75) is 12.8 Å². The number of H-pyrrole nitrogens is 1. The number of amides is 1. The molecule has 0 spiro atoms. The molecule has 1 heterocycles. The van der Waals surface area contributed by atoms with Gasteiger partial charge in [-0.3, -0.25) is 9.59 Å². The van der Waals surface area contributed by atoms with Gasteiger partial charge in [0.05, 0.1) is 11.0 Å². The van der Waals surface area contributed by atoms with Crippen molar-refractivity contribution in [3.05, 3.63) is 48.3 Å². The van der Waals surface area contributed by atoms with Gasteiger partial charge in [0.25, 0.3) is 5.91 Å². The van der Waals surface area contributed by atoms with Gasteiger partial charge in [0, 0.05) is 24.5 Å². The molecule has 1 aliphatic rings. The van der Waals surface area contributed by atoms with Gasteiger partial charge in [-0.25, -0.2) is 0 Å². The molecule has 0 radical (unpaired) electrons. The van der Waals surface area contributed by atoms with Crippen LogP contribution in [-0.4, -0.2) is 28.5 Å². The fourth-order valence-electron chi connectivity index (χ4n) is 2.37. The molecule has 1 aliphatic carbocycles. The van der Waals surface area contributed by atoms with Crippen LogP contribution in [0.15, 0.2) is 42.7 Å². The van der Waals surface area contributed by atoms with Crippen LogP contribution in [0.4, 0.5) is 0 Å². The summed E-state index contributed by atoms with van der Waals surface area (Å²) in [4.78, 5) is 26.3. The molecule has 5 nitrogen and oxygen atoms in total. The van der Waals surface area contributed by atoms with E-state index in [2.05, 4.69) is 10.3 Å². The Kier molecular flexibility index (Phi) is 3.25. The van der Waals surface area contributed by atoms with E-state index in [4.69, 9.17) is 5.11 Å². The highest BCUT2D eigenvalue weighted by atomic mass is 16.4. The lowest BCUT2D eigenvalue weighted by molar-refractivity contribution is -0.143. The first-order valence-corrected chi connectivity index (χ1v) is 6.86. The second kappa shape index (κ2) is 5.09. The smallest absolute Gasteiger partial charge is 0.311 e. The third kappa shape index (κ3) is 2.54. The number of carbonyl (C=O) groups excluding carboxylic acids is 1. The molecule has 2 aromatic rings. The zero-order chi connectivity index (χ0) is 14.9. The van der Waals surface area contributed by atoms with Crippen LogP contribution in [0.25, 0.3) is 11.1 Å². The van der Waals surface area contributed by atoms with E-state index in [0.717, 1.165) is 11.1 Å². The maximum absolute atomic E-state index is 12.3. The van der Waals surface area contributed by atoms with Gasteiger partial charge in [0.15, 0.2) is 0 Å². The lowest BCUT2D eigenvalue weighted by Gasteiger charge is -2.11. The van der Waals surface area contributed by atoms with Crippen LogP contribution >= 0.6 is 0 Å². The average molecular weight is 284 g/mol. The van der Waals surface area contributed by atoms with E-state index in [0.29, 0.717) is 18.4 Å². The summed E-state index contributed by atoms with van der Waals surface area (Å²) >= 11 is 0. The Morgan fingerprint density at radius 1 is 1.19 bits per heavy atom. The Morgan fingerprint density at radius 3 is 2.52 bits per heavy atom. The Labute approximate surface area is 122 Å². The first-order valence-electron chi connectivity index (χ1n) is 6.86. The summed E-state index contributed by atoms with van der Waals surface area (Å²) in [5.74, 6) is -1.08. The van der Waals surface area contributed by atoms with Crippen molar-refractivity contribution < 1.29 is 14.7 Å². The Bertz CT molecular complexity index is 672. The maximum atomic E-state index is 12.3. The van der Waals surface area contributed by atoms with Gasteiger partial charge in [-0.1, -0.05) is 30.3 Å². The molecule has 0 saturated heterocycles. The van der Waals surface area contributed by atoms with E-state index in [9.17, 15) is 9.59 Å². The first-order chi connectivity index (χ1) is 10.1. The quantitative estimate of drug-likeness (QED) is 0.787. The fourth-order valence-corrected chi connectivity index (χ4v) is 2.37. The molecular formula is C16H16N2O3. The molecule has 0 bridgehead atoms. The molecule has 1 aromatic carbocycles. The number of aliphatic carboxylic acids is 1. The molecule has 1 aromatic heterocycles. The topological polar surface area (TPSA) is 82.2 Å². The molecule has 21 heavy (non-hydrogen) atoms. The van der Waals surface area contributed by atoms with Crippen molar-refractivity contribution in [2.75, 3.05) is 6.54 Å². The minimum Gasteiger partial charge on any atom is -0.481 e. The number of hydrogen-bond donors (Lipinski definition) is 3. The number of aromatic nitrogens is 1. The van der Waals surface area contributed by atoms with Crippen molar-refractivity contribution >= 4 is 11.9 Å². The summed E-state index contributed by atoms with van der Waals surface area (Å²) in [7, 11) is 0. The number of aromatic amines is 1. The predicted molar refractivity (Wildman–Crippen MR) is 77.9 cm³/mol. The van der Waals surface area contributed by atoms with Gasteiger partial charge in [0.1, 0.15) is 0 Å². The third-order valence-corrected chi connectivity index (χ3v) is 3.97. The average Bonchev–Trinajstić information content (AvgIpc) is 3.14. The number of carboxylic acids is 1. The van der Waals surface area contributed by atoms with Crippen LogP contribution in [0.5, 0.6) is 0 Å². The van der Waals surface area contributed by atoms with Gasteiger partial charge in [-0.05, 0) is 18.4 Å². The molecule has 1 saturated carbocycles. The lowest BCUT2D eigenvalue weighted by Crippen LogP contribution is -2.34. The highest BCUT2D eigenvalue weighted by Gasteiger charge is 2.50. The van der Waals surface area contributed by atoms with Gasteiger partial charge in [-0.15, -0.1) is 0 Å². The minimum atomic E-state index is -0.833. The third-order valence-electron chi connectivity index (χ3n) is 3.97. The van der Waals surface area contributed by atoms with Crippen LogP contribution in [0, 0.1) is 5.41 Å². The number of benzene rings is 1. The van der Waals surface area contributed by atoms with E-state index in [1.54, 1.807) is 12.4 Å². The van der Waals surface area contributed by atoms with E-state index >= 15 is 0 Å². The number of nitrogens with one attached hydrogen (secondary N) is 2. The summed E-state index contributed by atoms with van der Waals surface area (Å²) in [5, 5.41) is 11.9. The van der Waals surface area contributed by atoms with Gasteiger partial charge >= 0.3 is 5.97 Å². The fraction of sp³-hybridized carbons (Fsp3) is 0.250. The summed E-state index contributed by atoms with van der Waals surface area (Å²) in [6.45, 7) is 0.181. The number of rotatable bonds is 5. The molecule has 3 rings (SSSR count). The van der Waals surface area contributed by atoms with Gasteiger partial charge in [0.2, 0.25) is 0 Å². The van der Waals surface area contributed by atoms with Crippen molar-refractivity contribution in [1.29, 1.82) is 0 Å². The van der Waals surface area contributed by atoms with E-state index in [1.807, 2.05) is 30.3 Å². The van der Waals surface area contributed by atoms with E-state index in [-0.39, 0.29) is 12.5 Å². The molecule has 5 heteroatoms. The largest absolute Gasteiger partial charge is 0.481 e. The highest BCUT2D eigenvalue weighted by Crippen LogP contribution is 2.45. The van der Waals surface area contributed by atoms with Crippen molar-refractivity contribution in [3.8, 4) is 11.1 Å². The summed E-state index contributed by atoms with van der Waals surface area (Å²) < 4.78 is 0.